The fourth-order valence-electron chi connectivity index (χ4n) is 4.45. The highest BCUT2D eigenvalue weighted by molar-refractivity contribution is 5.79. The van der Waals surface area contributed by atoms with Crippen LogP contribution in [0, 0.1) is 0 Å². The lowest BCUT2D eigenvalue weighted by Crippen LogP contribution is -2.23. The lowest BCUT2D eigenvalue weighted by atomic mass is 10.0. The number of nitrogens with zero attached hydrogens (tertiary/aromatic N) is 4. The van der Waals surface area contributed by atoms with Gasteiger partial charge in [-0.25, -0.2) is 0 Å². The first-order valence-electron chi connectivity index (χ1n) is 11.0. The minimum Gasteiger partial charge on any atom is -0.496 e. The van der Waals surface area contributed by atoms with Gasteiger partial charge >= 0.3 is 0 Å². The first-order valence-corrected chi connectivity index (χ1v) is 11.0. The molecule has 162 valence electrons. The zero-order chi connectivity index (χ0) is 21.9. The largest absolute Gasteiger partial charge is 0.496 e. The van der Waals surface area contributed by atoms with Crippen molar-refractivity contribution in [2.75, 3.05) is 13.7 Å². The summed E-state index contributed by atoms with van der Waals surface area (Å²) in [7, 11) is 1.71. The maximum absolute atomic E-state index is 11.9. The number of carbonyl (C=O) groups excluding carboxylic acids is 1. The van der Waals surface area contributed by atoms with Gasteiger partial charge in [0.05, 0.1) is 7.11 Å². The number of fused-ring (bicyclic) bond motifs is 1. The average molecular weight is 427 g/mol. The number of para-hydroxylation sites is 1. The topological polar surface area (TPSA) is 59.7 Å². The van der Waals surface area contributed by atoms with Gasteiger partial charge in [-0.15, -0.1) is 10.2 Å². The number of rotatable bonds is 7. The van der Waals surface area contributed by atoms with E-state index in [0.29, 0.717) is 13.0 Å². The van der Waals surface area contributed by atoms with E-state index in [-0.39, 0.29) is 5.91 Å². The molecule has 32 heavy (non-hydrogen) atoms. The van der Waals surface area contributed by atoms with E-state index in [0.717, 1.165) is 59.6 Å². The smallest absolute Gasteiger partial charge is 0.222 e. The van der Waals surface area contributed by atoms with Gasteiger partial charge in [0.15, 0.2) is 5.65 Å². The molecule has 6 nitrogen and oxygen atoms in total. The number of methoxy groups -OCH3 is 1. The highest BCUT2D eigenvalue weighted by Gasteiger charge is 2.20. The minimum atomic E-state index is 0.253. The SMILES string of the molecule is COc1ccccc1CCc1ccc(-c2ccc(CN3CCCC3=O)cc2)c2nncn12. The highest BCUT2D eigenvalue weighted by atomic mass is 16.5. The summed E-state index contributed by atoms with van der Waals surface area (Å²) in [5.41, 5.74) is 6.49. The van der Waals surface area contributed by atoms with Crippen molar-refractivity contribution in [2.24, 2.45) is 0 Å². The second-order valence-corrected chi connectivity index (χ2v) is 8.19. The summed E-state index contributed by atoms with van der Waals surface area (Å²) < 4.78 is 7.56. The summed E-state index contributed by atoms with van der Waals surface area (Å²) in [6, 6.07) is 20.8. The Hall–Kier alpha value is -3.67. The number of carbonyl (C=O) groups is 1. The van der Waals surface area contributed by atoms with Gasteiger partial charge < -0.3 is 9.64 Å². The van der Waals surface area contributed by atoms with Crippen LogP contribution in [0.5, 0.6) is 5.75 Å². The van der Waals surface area contributed by atoms with Gasteiger partial charge in [-0.05, 0) is 54.2 Å². The Balaban J connectivity index is 1.37. The number of benzene rings is 2. The van der Waals surface area contributed by atoms with Crippen LogP contribution in [0.2, 0.25) is 0 Å². The molecule has 0 bridgehead atoms. The van der Waals surface area contributed by atoms with Gasteiger partial charge in [-0.3, -0.25) is 9.20 Å². The Labute approximate surface area is 187 Å². The van der Waals surface area contributed by atoms with Crippen molar-refractivity contribution in [3.63, 3.8) is 0 Å². The summed E-state index contributed by atoms with van der Waals surface area (Å²) >= 11 is 0. The molecule has 0 N–H and O–H groups in total. The molecular weight excluding hydrogens is 400 g/mol. The molecule has 1 aliphatic rings. The van der Waals surface area contributed by atoms with Crippen LogP contribution >= 0.6 is 0 Å². The molecule has 1 fully saturated rings. The zero-order valence-electron chi connectivity index (χ0n) is 18.2. The Bertz CT molecular complexity index is 1250. The van der Waals surface area contributed by atoms with E-state index in [1.54, 1.807) is 13.4 Å². The van der Waals surface area contributed by atoms with Crippen molar-refractivity contribution < 1.29 is 9.53 Å². The highest BCUT2D eigenvalue weighted by Crippen LogP contribution is 2.27. The molecule has 2 aromatic carbocycles. The molecule has 3 heterocycles. The third-order valence-corrected chi connectivity index (χ3v) is 6.19. The molecule has 1 amide bonds. The van der Waals surface area contributed by atoms with Crippen LogP contribution in [-0.4, -0.2) is 39.1 Å². The molecule has 5 rings (SSSR count). The summed E-state index contributed by atoms with van der Waals surface area (Å²) in [6.07, 6.45) is 5.15. The van der Waals surface area contributed by atoms with Crippen molar-refractivity contribution in [1.82, 2.24) is 19.5 Å². The maximum Gasteiger partial charge on any atom is 0.222 e. The van der Waals surface area contributed by atoms with E-state index in [1.165, 1.54) is 5.56 Å². The van der Waals surface area contributed by atoms with Crippen LogP contribution in [0.15, 0.2) is 67.0 Å². The molecule has 0 spiro atoms. The zero-order valence-corrected chi connectivity index (χ0v) is 18.2. The van der Waals surface area contributed by atoms with E-state index in [4.69, 9.17) is 4.74 Å². The van der Waals surface area contributed by atoms with Gasteiger partial charge in [0, 0.05) is 30.8 Å². The van der Waals surface area contributed by atoms with Crippen molar-refractivity contribution in [3.8, 4) is 16.9 Å². The molecule has 4 aromatic rings. The van der Waals surface area contributed by atoms with Crippen molar-refractivity contribution in [1.29, 1.82) is 0 Å². The van der Waals surface area contributed by atoms with Gasteiger partial charge in [0.1, 0.15) is 12.1 Å². The molecule has 0 atom stereocenters. The first kappa shape index (κ1) is 20.2. The Morgan fingerprint density at radius 2 is 1.84 bits per heavy atom. The fourth-order valence-corrected chi connectivity index (χ4v) is 4.45. The number of ether oxygens (including phenoxy) is 1. The second kappa shape index (κ2) is 8.83. The van der Waals surface area contributed by atoms with Crippen molar-refractivity contribution in [3.05, 3.63) is 83.8 Å². The fraction of sp³-hybridized carbons (Fsp3) is 0.269. The monoisotopic (exact) mass is 426 g/mol. The van der Waals surface area contributed by atoms with E-state index < -0.39 is 0 Å². The summed E-state index contributed by atoms with van der Waals surface area (Å²) in [5, 5.41) is 8.57. The molecule has 0 aliphatic carbocycles. The third kappa shape index (κ3) is 3.96. The summed E-state index contributed by atoms with van der Waals surface area (Å²) in [4.78, 5) is 13.8. The Morgan fingerprint density at radius 1 is 1.00 bits per heavy atom. The number of amides is 1. The number of pyridine rings is 1. The molecule has 1 aliphatic heterocycles. The molecule has 0 radical (unpaired) electrons. The van der Waals surface area contributed by atoms with Gasteiger partial charge in [0.2, 0.25) is 5.91 Å². The van der Waals surface area contributed by atoms with Gasteiger partial charge in [-0.2, -0.15) is 0 Å². The van der Waals surface area contributed by atoms with Crippen molar-refractivity contribution in [2.45, 2.75) is 32.2 Å². The van der Waals surface area contributed by atoms with E-state index in [9.17, 15) is 4.79 Å². The number of aryl methyl sites for hydroxylation is 2. The Morgan fingerprint density at radius 3 is 2.62 bits per heavy atom. The van der Waals surface area contributed by atoms with E-state index in [1.807, 2.05) is 23.1 Å². The molecule has 6 heteroatoms. The van der Waals surface area contributed by atoms with Crippen LogP contribution in [0.3, 0.4) is 0 Å². The predicted molar refractivity (Wildman–Crippen MR) is 123 cm³/mol. The quantitative estimate of drug-likeness (QED) is 0.442. The van der Waals surface area contributed by atoms with Crippen LogP contribution in [0.4, 0.5) is 0 Å². The van der Waals surface area contributed by atoms with Gasteiger partial charge in [0.25, 0.3) is 0 Å². The Kier molecular flexibility index (Phi) is 5.58. The van der Waals surface area contributed by atoms with E-state index in [2.05, 4.69) is 57.1 Å². The number of hydrogen-bond acceptors (Lipinski definition) is 4. The van der Waals surface area contributed by atoms with Crippen LogP contribution in [0.25, 0.3) is 16.8 Å². The number of likely N-dealkylation sites (tertiary alicyclic amines) is 1. The van der Waals surface area contributed by atoms with Crippen LogP contribution < -0.4 is 4.74 Å². The van der Waals surface area contributed by atoms with E-state index >= 15 is 0 Å². The molecule has 2 aromatic heterocycles. The first-order chi connectivity index (χ1) is 15.7. The molecular formula is C26H26N4O2. The van der Waals surface area contributed by atoms with Crippen molar-refractivity contribution >= 4 is 11.6 Å². The molecule has 0 unspecified atom stereocenters. The van der Waals surface area contributed by atoms with Crippen LogP contribution in [0.1, 0.15) is 29.7 Å². The summed E-state index contributed by atoms with van der Waals surface area (Å²) in [6.45, 7) is 1.54. The predicted octanol–water partition coefficient (Wildman–Crippen LogP) is 4.31. The lowest BCUT2D eigenvalue weighted by Gasteiger charge is -2.16. The number of hydrogen-bond donors (Lipinski definition) is 0. The molecule has 1 saturated heterocycles. The second-order valence-electron chi connectivity index (χ2n) is 8.19. The standard InChI is InChI=1S/C26H26N4O2/c1-32-24-6-3-2-5-21(24)12-13-22-14-15-23(26-28-27-18-30(22)26)20-10-8-19(9-11-20)17-29-16-4-7-25(29)31/h2-3,5-6,8-11,14-15,18H,4,7,12-13,16-17H2,1H3. The third-order valence-electron chi connectivity index (χ3n) is 6.19. The lowest BCUT2D eigenvalue weighted by molar-refractivity contribution is -0.128. The average Bonchev–Trinajstić information content (AvgIpc) is 3.48. The van der Waals surface area contributed by atoms with Gasteiger partial charge in [-0.1, -0.05) is 42.5 Å². The normalized spacial score (nSPS) is 13.8. The maximum atomic E-state index is 11.9. The number of aromatic nitrogens is 3. The summed E-state index contributed by atoms with van der Waals surface area (Å²) in [5.74, 6) is 1.17. The minimum absolute atomic E-state index is 0.253. The molecule has 0 saturated carbocycles. The van der Waals surface area contributed by atoms with Crippen LogP contribution in [-0.2, 0) is 24.2 Å².